The Morgan fingerprint density at radius 1 is 0.252 bits per heavy atom. The summed E-state index contributed by atoms with van der Waals surface area (Å²) >= 11 is 0. The Bertz CT molecular complexity index is 5370. The second-order valence-corrected chi connectivity index (χ2v) is 28.1. The van der Waals surface area contributed by atoms with Crippen LogP contribution in [-0.4, -0.2) is 104 Å². The van der Waals surface area contributed by atoms with Crippen molar-refractivity contribution in [2.75, 3.05) is 105 Å². The molecule has 36 heteroatoms. The lowest BCUT2D eigenvalue weighted by Crippen LogP contribution is -2.46. The molecule has 10 heterocycles. The summed E-state index contributed by atoms with van der Waals surface area (Å²) in [7, 11) is 0. The van der Waals surface area contributed by atoms with Crippen LogP contribution in [0.3, 0.4) is 0 Å². The van der Waals surface area contributed by atoms with Crippen molar-refractivity contribution in [1.29, 1.82) is 0 Å². The lowest BCUT2D eigenvalue weighted by Gasteiger charge is -2.45. The zero-order valence-corrected chi connectivity index (χ0v) is 58.6. The minimum absolute atomic E-state index is 0.113. The van der Waals surface area contributed by atoms with E-state index < -0.39 is 48.4 Å². The van der Waals surface area contributed by atoms with Crippen LogP contribution >= 0.6 is 0 Å². The van der Waals surface area contributed by atoms with Crippen LogP contribution in [0.5, 0.6) is 57.5 Å². The summed E-state index contributed by atoms with van der Waals surface area (Å²) in [5.41, 5.74) is 40.6. The maximum atomic E-state index is 11.3. The molecule has 0 saturated carbocycles. The molecule has 0 aromatic heterocycles. The molecular formula is C75H70N18O18. The van der Waals surface area contributed by atoms with Crippen LogP contribution in [0.2, 0.25) is 0 Å². The lowest BCUT2D eigenvalue weighted by atomic mass is 9.98. The molecule has 0 radical (unpaired) electrons. The highest BCUT2D eigenvalue weighted by atomic mass is 16.6. The smallest absolute Gasteiger partial charge is 0.317 e. The van der Waals surface area contributed by atoms with E-state index in [0.29, 0.717) is 125 Å². The van der Waals surface area contributed by atoms with E-state index in [-0.39, 0.29) is 59.7 Å². The van der Waals surface area contributed by atoms with Crippen LogP contribution in [0, 0.1) is 40.5 Å². The van der Waals surface area contributed by atoms with E-state index in [9.17, 15) is 91.5 Å². The molecule has 568 valence electrons. The largest absolute Gasteiger partial charge is 0.508 e. The summed E-state index contributed by atoms with van der Waals surface area (Å²) in [6, 6.07) is 36.2. The van der Waals surface area contributed by atoms with Crippen molar-refractivity contribution in [3.8, 4) is 57.5 Å². The molecule has 0 saturated heterocycles. The number of fused-ring (bicyclic) bond motifs is 30. The van der Waals surface area contributed by atoms with Crippen LogP contribution in [0.15, 0.2) is 133 Å². The van der Waals surface area contributed by atoms with Crippen molar-refractivity contribution in [1.82, 2.24) is 0 Å². The van der Waals surface area contributed by atoms with Crippen molar-refractivity contribution >= 4 is 102 Å². The van der Waals surface area contributed by atoms with Gasteiger partial charge in [0.25, 0.3) is 0 Å². The first-order chi connectivity index (χ1) is 53.0. The van der Waals surface area contributed by atoms with Gasteiger partial charge in [0.15, 0.2) is 23.0 Å². The molecule has 0 unspecified atom stereocenters. The lowest BCUT2D eigenvalue weighted by molar-refractivity contribution is -0.386. The number of anilines is 14. The van der Waals surface area contributed by atoms with Crippen molar-refractivity contribution in [3.63, 3.8) is 0 Å². The number of benzene rings is 10. The van der Waals surface area contributed by atoms with Crippen molar-refractivity contribution in [2.24, 2.45) is 0 Å². The third-order valence-electron chi connectivity index (χ3n) is 21.6. The van der Waals surface area contributed by atoms with Gasteiger partial charge in [-0.2, -0.15) is 0 Å². The molecule has 0 spiro atoms. The number of nitro benzene ring substituents is 4. The molecular weight excluding hydrogens is 1440 g/mol. The number of phenols is 10. The zero-order valence-electron chi connectivity index (χ0n) is 58.6. The van der Waals surface area contributed by atoms with Crippen LogP contribution in [0.1, 0.15) is 55.6 Å². The molecule has 20 rings (SSSR count). The van der Waals surface area contributed by atoms with Gasteiger partial charge in [0.05, 0.1) is 135 Å². The molecule has 36 nitrogen and oxygen atoms in total. The Morgan fingerprint density at radius 2 is 0.505 bits per heavy atom. The number of hydrogen-bond acceptors (Lipinski definition) is 32. The fourth-order valence-corrected chi connectivity index (χ4v) is 16.5. The molecule has 0 fully saturated rings. The fourth-order valence-electron chi connectivity index (χ4n) is 16.5. The maximum Gasteiger partial charge on any atom is 0.317 e. The van der Waals surface area contributed by atoms with Crippen molar-refractivity contribution in [2.45, 2.75) is 65.4 Å². The maximum absolute atomic E-state index is 11.3. The SMILES string of the molecule is Nc1c(O)ccc2c1CN1CN2Cc2c1ccc(O)c2N.Nc1cc2c(cc1O)CN1CN2Cc2c1ccc(O)c2N.O=[N+]([O-])c1c(O)ccc2c1CN1CN2Cc2c1ccc(O)c2[N+](=O)[O-].O=[N+]([O-])c1cc2c(cc1O)CN1CN2Cc2c1ccc(O)c2[N+](=O)[O-].Oc1ccc2c(c1)CN1CN2Cc2cc(O)ccc21. The van der Waals surface area contributed by atoms with E-state index in [4.69, 9.17) is 22.9 Å². The highest BCUT2D eigenvalue weighted by molar-refractivity contribution is 5.83. The zero-order chi connectivity index (χ0) is 78.2. The average Bonchev–Trinajstić information content (AvgIpc) is 0.588. The van der Waals surface area contributed by atoms with Gasteiger partial charge in [-0.15, -0.1) is 0 Å². The number of nitrogen functional groups attached to an aromatic ring is 4. The van der Waals surface area contributed by atoms with E-state index in [2.05, 4.69) is 29.4 Å². The average molecular weight is 1510 g/mol. The van der Waals surface area contributed by atoms with Gasteiger partial charge >= 0.3 is 22.7 Å². The monoisotopic (exact) mass is 1510 g/mol. The van der Waals surface area contributed by atoms with Gasteiger partial charge in [0, 0.05) is 103 Å². The third kappa shape index (κ3) is 12.1. The van der Waals surface area contributed by atoms with E-state index in [1.54, 1.807) is 75.4 Å². The summed E-state index contributed by atoms with van der Waals surface area (Å²) in [6.07, 6.45) is 0. The Kier molecular flexibility index (Phi) is 16.8. The molecule has 0 aliphatic carbocycles. The Hall–Kier alpha value is -15.0. The second-order valence-electron chi connectivity index (χ2n) is 28.1. The highest BCUT2D eigenvalue weighted by Gasteiger charge is 2.42. The van der Waals surface area contributed by atoms with Crippen LogP contribution in [0.4, 0.5) is 102 Å². The Balaban J connectivity index is 0.000000106. The summed E-state index contributed by atoms with van der Waals surface area (Å²) in [4.78, 5) is 62.8. The molecule has 10 aromatic carbocycles. The Labute approximate surface area is 628 Å². The van der Waals surface area contributed by atoms with Crippen LogP contribution < -0.4 is 71.9 Å². The van der Waals surface area contributed by atoms with Gasteiger partial charge in [0.1, 0.15) is 34.5 Å². The minimum atomic E-state index is -0.672. The fraction of sp³-hybridized carbons (Fsp3) is 0.200. The summed E-state index contributed by atoms with van der Waals surface area (Å²) in [6.45, 7) is 7.99. The number of hydrogen-bond donors (Lipinski definition) is 14. The molecule has 0 amide bonds. The number of aromatic hydroxyl groups is 10. The van der Waals surface area contributed by atoms with Gasteiger partial charge in [-0.3, -0.25) is 40.5 Å². The van der Waals surface area contributed by atoms with E-state index >= 15 is 0 Å². The number of phenolic OH excluding ortho intramolecular Hbond substituents is 10. The number of rotatable bonds is 4. The second kappa shape index (κ2) is 26.5. The summed E-state index contributed by atoms with van der Waals surface area (Å²) < 4.78 is 0. The quantitative estimate of drug-likeness (QED) is 0.0337. The molecule has 10 aromatic rings. The molecule has 10 aliphatic heterocycles. The first-order valence-electron chi connectivity index (χ1n) is 34.6. The van der Waals surface area contributed by atoms with Crippen molar-refractivity contribution < 1.29 is 70.8 Å². The molecule has 10 aliphatic rings. The van der Waals surface area contributed by atoms with E-state index in [1.165, 1.54) is 41.7 Å². The topological polar surface area (TPSA) is 511 Å². The van der Waals surface area contributed by atoms with Crippen LogP contribution in [0.25, 0.3) is 0 Å². The van der Waals surface area contributed by atoms with Gasteiger partial charge in [-0.1, -0.05) is 0 Å². The van der Waals surface area contributed by atoms with Gasteiger partial charge < -0.3 is 123 Å². The predicted molar refractivity (Wildman–Crippen MR) is 412 cm³/mol. The number of nitrogens with zero attached hydrogens (tertiary/aromatic N) is 14. The van der Waals surface area contributed by atoms with E-state index in [0.717, 1.165) is 89.2 Å². The van der Waals surface area contributed by atoms with Gasteiger partial charge in [-0.05, 0) is 150 Å². The summed E-state index contributed by atoms with van der Waals surface area (Å²) in [5, 5.41) is 143. The molecule has 0 atom stereocenters. The highest BCUT2D eigenvalue weighted by Crippen LogP contribution is 2.52. The van der Waals surface area contributed by atoms with Gasteiger partial charge in [0.2, 0.25) is 0 Å². The number of nitrogens with two attached hydrogens (primary N) is 4. The number of nitro groups is 4. The molecule has 10 bridgehead atoms. The molecule has 111 heavy (non-hydrogen) atoms. The minimum Gasteiger partial charge on any atom is -0.508 e. The van der Waals surface area contributed by atoms with Crippen LogP contribution in [-0.2, 0) is 65.4 Å². The standard InChI is InChI=1S/2C15H12N4O6.2C15H16N4O2.C15H14N2O2/c20-12-3-1-10-8(14(12)18(22)23)5-17-7-16(10)6-9-11(17)2-4-13(21)15(9)19(24)25;20-13-2-1-10-9(15(13)19(24)25)6-17-7-16(10)5-8-3-14(21)12(18(22)23)4-11(8)17;16-14-8-5-19-7-18(10(8)1-3-12(14)20)6-9-11(19)2-4-13(21)15(9)17;16-10-4-12-8(3-14(10)21)5-18-7-19(12)6-9-11(18)1-2-13(20)15(9)17;18-12-1-3-14-10(5-12)7-17-9-16(14)8-11-6-13(19)2-4-15(11)17/h2*1-4,20-21H,5-7H2;2*1-4,20-21H,5-7,16-17H2;1-6,18-19H,7-9H2. The first-order valence-corrected chi connectivity index (χ1v) is 34.6. The summed E-state index contributed by atoms with van der Waals surface area (Å²) in [5.74, 6) is -0.581. The third-order valence-corrected chi connectivity index (χ3v) is 21.6. The molecule has 18 N–H and O–H groups in total. The first kappa shape index (κ1) is 70.3. The van der Waals surface area contributed by atoms with Crippen molar-refractivity contribution in [3.05, 3.63) is 230 Å². The van der Waals surface area contributed by atoms with Gasteiger partial charge in [-0.25, -0.2) is 0 Å². The normalized spacial score (nSPS) is 15.3. The van der Waals surface area contributed by atoms with E-state index in [1.807, 2.05) is 47.4 Å². The Morgan fingerprint density at radius 3 is 0.829 bits per heavy atom. The predicted octanol–water partition coefficient (Wildman–Crippen LogP) is 9.94.